The number of hydrogen-bond acceptors (Lipinski definition) is 16. The van der Waals surface area contributed by atoms with E-state index in [-0.39, 0.29) is 57.4 Å². The molecule has 0 radical (unpaired) electrons. The van der Waals surface area contributed by atoms with E-state index < -0.39 is 18.4 Å². The van der Waals surface area contributed by atoms with Crippen LogP contribution in [0.5, 0.6) is 0 Å². The van der Waals surface area contributed by atoms with E-state index in [1.807, 2.05) is 0 Å². The number of anilines is 2. The van der Waals surface area contributed by atoms with Gasteiger partial charge in [0, 0.05) is 20.2 Å². The van der Waals surface area contributed by atoms with E-state index in [1.54, 1.807) is 47.9 Å². The van der Waals surface area contributed by atoms with E-state index in [4.69, 9.17) is 16.2 Å². The number of nitrogens with two attached hydrogens (primary N) is 2. The van der Waals surface area contributed by atoms with Crippen LogP contribution in [0.2, 0.25) is 0 Å². The number of nitrogen functional groups attached to an aromatic ring is 2. The number of ether oxygens (including phenoxy) is 1. The van der Waals surface area contributed by atoms with Crippen LogP contribution in [-0.4, -0.2) is 79.7 Å². The highest BCUT2D eigenvalue weighted by Gasteiger charge is 2.23. The van der Waals surface area contributed by atoms with Gasteiger partial charge in [-0.05, 0) is 27.7 Å². The summed E-state index contributed by atoms with van der Waals surface area (Å²) in [5, 5.41) is 43.6. The fourth-order valence-corrected chi connectivity index (χ4v) is 4.70. The van der Waals surface area contributed by atoms with Gasteiger partial charge in [0.1, 0.15) is 18.5 Å². The highest BCUT2D eigenvalue weighted by atomic mass is 16.5. The summed E-state index contributed by atoms with van der Waals surface area (Å²) in [6.45, 7) is 5.96. The minimum Gasteiger partial charge on any atom is -0.465 e. The first kappa shape index (κ1) is 31.3. The number of rotatable bonds is 9. The smallest absolute Gasteiger partial charge is 0.343 e. The van der Waals surface area contributed by atoms with E-state index in [1.165, 1.54) is 32.2 Å². The van der Waals surface area contributed by atoms with Crippen LogP contribution in [0.3, 0.4) is 0 Å². The second-order valence-corrected chi connectivity index (χ2v) is 9.98. The average molecular weight is 631 g/mol. The SMILES string of the molecule is COC(=O)c1c(C)nn(C)c1/N=N/c1c(C)nn(-c2cc(-n3nc(C)c(/N=N/c4c(C(=O)CO)c(C)nn4C)c3N)ncn2)c1N. The van der Waals surface area contributed by atoms with Crippen molar-refractivity contribution in [1.82, 2.24) is 49.1 Å². The monoisotopic (exact) mass is 630 g/mol. The first-order valence-corrected chi connectivity index (χ1v) is 13.5. The molecule has 0 atom stereocenters. The first-order chi connectivity index (χ1) is 21.9. The lowest BCUT2D eigenvalue weighted by Crippen LogP contribution is -2.09. The van der Waals surface area contributed by atoms with Gasteiger partial charge in [-0.25, -0.2) is 24.1 Å². The summed E-state index contributed by atoms with van der Waals surface area (Å²) in [5.74, 6) is -0.0354. The lowest BCUT2D eigenvalue weighted by Gasteiger charge is -2.06. The normalized spacial score (nSPS) is 11.7. The van der Waals surface area contributed by atoms with Crippen molar-refractivity contribution < 1.29 is 19.4 Å². The number of hydrogen-bond donors (Lipinski definition) is 3. The number of nitrogens with zero attached hydrogens (tertiary/aromatic N) is 14. The molecule has 5 rings (SSSR count). The molecule has 0 aliphatic rings. The summed E-state index contributed by atoms with van der Waals surface area (Å²) in [6, 6.07) is 1.55. The maximum absolute atomic E-state index is 12.3. The molecule has 5 aromatic heterocycles. The molecule has 0 fully saturated rings. The van der Waals surface area contributed by atoms with Crippen LogP contribution in [0.4, 0.5) is 34.6 Å². The molecule has 5 aromatic rings. The van der Waals surface area contributed by atoms with Gasteiger partial charge in [0.2, 0.25) is 0 Å². The summed E-state index contributed by atoms with van der Waals surface area (Å²) >= 11 is 0. The Labute approximate surface area is 260 Å². The van der Waals surface area contributed by atoms with Crippen LogP contribution in [0.1, 0.15) is 43.5 Å². The third kappa shape index (κ3) is 5.36. The molecule has 0 bridgehead atoms. The Hall–Kier alpha value is -6.18. The fraction of sp³-hybridized carbons (Fsp3) is 0.308. The van der Waals surface area contributed by atoms with Crippen LogP contribution < -0.4 is 11.5 Å². The molecule has 0 saturated heterocycles. The molecular weight excluding hydrogens is 600 g/mol. The summed E-state index contributed by atoms with van der Waals surface area (Å²) in [5.41, 5.74) is 15.3. The quantitative estimate of drug-likeness (QED) is 0.120. The van der Waals surface area contributed by atoms with Crippen LogP contribution in [0.15, 0.2) is 32.9 Å². The number of methoxy groups -OCH3 is 1. The summed E-state index contributed by atoms with van der Waals surface area (Å²) in [6.07, 6.45) is 1.28. The van der Waals surface area contributed by atoms with Gasteiger partial charge < -0.3 is 21.3 Å². The molecule has 0 aliphatic heterocycles. The molecule has 0 unspecified atom stereocenters. The zero-order chi connectivity index (χ0) is 33.4. The molecule has 0 saturated carbocycles. The maximum atomic E-state index is 12.3. The van der Waals surface area contributed by atoms with Crippen molar-refractivity contribution in [2.75, 3.05) is 25.2 Å². The van der Waals surface area contributed by atoms with Crippen molar-refractivity contribution in [2.24, 2.45) is 34.6 Å². The number of aliphatic hydroxyl groups excluding tert-OH is 1. The van der Waals surface area contributed by atoms with Gasteiger partial charge in [0.25, 0.3) is 0 Å². The van der Waals surface area contributed by atoms with Gasteiger partial charge in [-0.15, -0.1) is 20.5 Å². The lowest BCUT2D eigenvalue weighted by atomic mass is 10.1. The van der Waals surface area contributed by atoms with Crippen molar-refractivity contribution in [1.29, 1.82) is 0 Å². The molecule has 0 amide bonds. The second kappa shape index (κ2) is 12.1. The number of carbonyl (C=O) groups excluding carboxylic acids is 2. The van der Waals surface area contributed by atoms with Gasteiger partial charge >= 0.3 is 5.97 Å². The highest BCUT2D eigenvalue weighted by molar-refractivity contribution is 6.01. The van der Waals surface area contributed by atoms with Crippen molar-refractivity contribution >= 4 is 46.4 Å². The number of ketones is 1. The molecule has 20 heteroatoms. The van der Waals surface area contributed by atoms with Crippen molar-refractivity contribution in [3.63, 3.8) is 0 Å². The fourth-order valence-electron chi connectivity index (χ4n) is 4.70. The molecule has 5 heterocycles. The van der Waals surface area contributed by atoms with E-state index in [9.17, 15) is 14.7 Å². The van der Waals surface area contributed by atoms with Crippen LogP contribution in [0, 0.1) is 27.7 Å². The van der Waals surface area contributed by atoms with Crippen molar-refractivity contribution in [2.45, 2.75) is 27.7 Å². The molecule has 0 aliphatic carbocycles. The number of azo groups is 2. The van der Waals surface area contributed by atoms with Gasteiger partial charge in [-0.2, -0.15) is 29.8 Å². The number of aliphatic hydroxyl groups is 1. The third-order valence-electron chi connectivity index (χ3n) is 6.88. The Morgan fingerprint density at radius 1 is 0.761 bits per heavy atom. The van der Waals surface area contributed by atoms with Gasteiger partial charge in [0.05, 0.1) is 35.4 Å². The van der Waals surface area contributed by atoms with Gasteiger partial charge in [-0.3, -0.25) is 4.79 Å². The Bertz CT molecular complexity index is 1920. The molecular formula is C26H30N16O4. The number of Topliss-reactive ketones (excluding diaryl/α,β-unsaturated/α-hetero) is 1. The predicted octanol–water partition coefficient (Wildman–Crippen LogP) is 2.51. The summed E-state index contributed by atoms with van der Waals surface area (Å²) in [7, 11) is 4.50. The molecule has 46 heavy (non-hydrogen) atoms. The molecule has 20 nitrogen and oxygen atoms in total. The minimum atomic E-state index is -0.699. The minimum absolute atomic E-state index is 0.104. The standard InChI is InChI=1S/C26H30N16O4/c1-11-18(15(44)9-43)24(39(5)35-11)33-31-20-13(3)37-41(22(20)27)16-8-17(30-10-29-16)42-23(28)21(14(4)38-42)32-34-25-19(26(45)46-7)12(2)36-40(25)6/h8,10,43H,9,27-28H2,1-7H3/b33-31+,34-32+. The summed E-state index contributed by atoms with van der Waals surface area (Å²) < 4.78 is 10.3. The Morgan fingerprint density at radius 3 is 1.67 bits per heavy atom. The lowest BCUT2D eigenvalue weighted by molar-refractivity contribution is 0.0600. The van der Waals surface area contributed by atoms with Crippen molar-refractivity contribution in [3.8, 4) is 11.6 Å². The van der Waals surface area contributed by atoms with Crippen LogP contribution >= 0.6 is 0 Å². The third-order valence-corrected chi connectivity index (χ3v) is 6.88. The van der Waals surface area contributed by atoms with Crippen molar-refractivity contribution in [3.05, 3.63) is 46.3 Å². The summed E-state index contributed by atoms with van der Waals surface area (Å²) in [4.78, 5) is 33.1. The van der Waals surface area contributed by atoms with Crippen LogP contribution in [-0.2, 0) is 18.8 Å². The zero-order valence-electron chi connectivity index (χ0n) is 25.9. The topological polar surface area (TPSA) is 262 Å². The largest absolute Gasteiger partial charge is 0.465 e. The van der Waals surface area contributed by atoms with Gasteiger partial charge in [0.15, 0.2) is 52.1 Å². The maximum Gasteiger partial charge on any atom is 0.343 e. The molecule has 0 aromatic carbocycles. The predicted molar refractivity (Wildman–Crippen MR) is 162 cm³/mol. The van der Waals surface area contributed by atoms with E-state index in [2.05, 4.69) is 50.8 Å². The van der Waals surface area contributed by atoms with E-state index >= 15 is 0 Å². The first-order valence-electron chi connectivity index (χ1n) is 13.5. The number of carbonyl (C=O) groups is 2. The molecule has 0 spiro atoms. The number of aryl methyl sites for hydroxylation is 6. The average Bonchev–Trinajstić information content (AvgIpc) is 3.68. The highest BCUT2D eigenvalue weighted by Crippen LogP contribution is 2.34. The Balaban J connectivity index is 1.48. The number of esters is 1. The second-order valence-electron chi connectivity index (χ2n) is 9.98. The Kier molecular flexibility index (Phi) is 8.20. The van der Waals surface area contributed by atoms with E-state index in [0.29, 0.717) is 22.8 Å². The van der Waals surface area contributed by atoms with Gasteiger partial charge in [-0.1, -0.05) is 0 Å². The van der Waals surface area contributed by atoms with E-state index in [0.717, 1.165) is 0 Å². The molecule has 238 valence electrons. The Morgan fingerprint density at radius 2 is 1.22 bits per heavy atom. The number of aromatic nitrogens is 10. The zero-order valence-corrected chi connectivity index (χ0v) is 25.9. The molecule has 5 N–H and O–H groups in total. The van der Waals surface area contributed by atoms with Crippen LogP contribution in [0.25, 0.3) is 11.6 Å².